The summed E-state index contributed by atoms with van der Waals surface area (Å²) in [6.07, 6.45) is 0. The third kappa shape index (κ3) is 3.35. The minimum Gasteiger partial charge on any atom is -0.489 e. The Labute approximate surface area is 147 Å². The lowest BCUT2D eigenvalue weighted by atomic mass is 10.1. The molecule has 126 valence electrons. The number of hydrogen-bond acceptors (Lipinski definition) is 3. The first-order valence-corrected chi connectivity index (χ1v) is 8.52. The van der Waals surface area contributed by atoms with Crippen molar-refractivity contribution < 1.29 is 9.53 Å². The molecule has 25 heavy (non-hydrogen) atoms. The van der Waals surface area contributed by atoms with Gasteiger partial charge in [0.1, 0.15) is 12.4 Å². The maximum atomic E-state index is 12.3. The molecule has 0 atom stereocenters. The van der Waals surface area contributed by atoms with Crippen LogP contribution in [0.5, 0.6) is 5.75 Å². The first-order valence-electron chi connectivity index (χ1n) is 8.52. The smallest absolute Gasteiger partial charge is 0.241 e. The van der Waals surface area contributed by atoms with E-state index in [0.717, 1.165) is 34.3 Å². The lowest BCUT2D eigenvalue weighted by molar-refractivity contribution is -0.118. The van der Waals surface area contributed by atoms with Gasteiger partial charge in [0.05, 0.1) is 12.2 Å². The van der Waals surface area contributed by atoms with Crippen LogP contribution >= 0.6 is 0 Å². The molecule has 0 spiro atoms. The predicted octanol–water partition coefficient (Wildman–Crippen LogP) is 3.36. The van der Waals surface area contributed by atoms with Crippen molar-refractivity contribution in [2.24, 2.45) is 0 Å². The Kier molecular flexibility index (Phi) is 4.36. The summed E-state index contributed by atoms with van der Waals surface area (Å²) in [5, 5.41) is 5.27. The first kappa shape index (κ1) is 15.7. The number of carbonyl (C=O) groups is 1. The zero-order chi connectivity index (χ0) is 17.1. The number of fused-ring (bicyclic) bond motifs is 1. The van der Waals surface area contributed by atoms with Crippen molar-refractivity contribution in [3.8, 4) is 5.75 Å². The van der Waals surface area contributed by atoms with E-state index in [1.54, 1.807) is 0 Å². The zero-order valence-corrected chi connectivity index (χ0v) is 13.9. The molecule has 1 aliphatic heterocycles. The molecule has 1 fully saturated rings. The van der Waals surface area contributed by atoms with Gasteiger partial charge in [-0.3, -0.25) is 4.79 Å². The first-order chi connectivity index (χ1) is 12.3. The Hall–Kier alpha value is -2.85. The van der Waals surface area contributed by atoms with E-state index in [4.69, 9.17) is 4.74 Å². The highest BCUT2D eigenvalue weighted by atomic mass is 16.5. The Bertz CT molecular complexity index is 893. The third-order valence-corrected chi connectivity index (χ3v) is 4.46. The quantitative estimate of drug-likeness (QED) is 0.796. The predicted molar refractivity (Wildman–Crippen MR) is 99.9 cm³/mol. The molecule has 0 radical (unpaired) electrons. The number of hydrogen-bond donors (Lipinski definition) is 1. The molecule has 4 heteroatoms. The highest BCUT2D eigenvalue weighted by molar-refractivity contribution is 6.05. The second kappa shape index (κ2) is 6.95. The van der Waals surface area contributed by atoms with Crippen molar-refractivity contribution in [3.05, 3.63) is 72.3 Å². The summed E-state index contributed by atoms with van der Waals surface area (Å²) in [6.45, 7) is 2.42. The number of rotatable bonds is 4. The molecule has 4 nitrogen and oxygen atoms in total. The number of benzene rings is 3. The molecule has 0 saturated carbocycles. The topological polar surface area (TPSA) is 41.6 Å². The van der Waals surface area contributed by atoms with Crippen LogP contribution in [-0.4, -0.2) is 25.5 Å². The molecule has 3 aromatic rings. The second-order valence-corrected chi connectivity index (χ2v) is 6.16. The molecule has 0 aliphatic carbocycles. The van der Waals surface area contributed by atoms with Crippen molar-refractivity contribution in [1.82, 2.24) is 5.32 Å². The summed E-state index contributed by atoms with van der Waals surface area (Å²) in [7, 11) is 0. The van der Waals surface area contributed by atoms with E-state index in [2.05, 4.69) is 11.4 Å². The fraction of sp³-hybridized carbons (Fsp3) is 0.190. The van der Waals surface area contributed by atoms with E-state index >= 15 is 0 Å². The van der Waals surface area contributed by atoms with Gasteiger partial charge in [0.2, 0.25) is 5.91 Å². The Morgan fingerprint density at radius 1 is 1.00 bits per heavy atom. The maximum absolute atomic E-state index is 12.3. The van der Waals surface area contributed by atoms with Crippen molar-refractivity contribution in [3.63, 3.8) is 0 Å². The van der Waals surface area contributed by atoms with Crippen LogP contribution < -0.4 is 15.0 Å². The molecule has 1 heterocycles. The van der Waals surface area contributed by atoms with Crippen molar-refractivity contribution in [2.45, 2.75) is 6.61 Å². The van der Waals surface area contributed by atoms with Crippen LogP contribution in [0, 0.1) is 0 Å². The van der Waals surface area contributed by atoms with Crippen LogP contribution in [-0.2, 0) is 11.4 Å². The molecule has 0 bridgehead atoms. The summed E-state index contributed by atoms with van der Waals surface area (Å²) in [5.74, 6) is 0.917. The van der Waals surface area contributed by atoms with Crippen LogP contribution in [0.25, 0.3) is 10.8 Å². The average molecular weight is 332 g/mol. The number of anilines is 1. The minimum atomic E-state index is 0.106. The lowest BCUT2D eigenvalue weighted by Crippen LogP contribution is -2.48. The van der Waals surface area contributed by atoms with Gasteiger partial charge in [-0.1, -0.05) is 48.5 Å². The number of piperazine rings is 1. The van der Waals surface area contributed by atoms with Gasteiger partial charge in [-0.2, -0.15) is 0 Å². The van der Waals surface area contributed by atoms with Gasteiger partial charge in [0.15, 0.2) is 0 Å². The monoisotopic (exact) mass is 332 g/mol. The average Bonchev–Trinajstić information content (AvgIpc) is 2.67. The lowest BCUT2D eigenvalue weighted by Gasteiger charge is -2.28. The zero-order valence-electron chi connectivity index (χ0n) is 13.9. The normalized spacial score (nSPS) is 14.7. The number of nitrogens with one attached hydrogen (secondary N) is 1. The summed E-state index contributed by atoms with van der Waals surface area (Å²) in [6, 6.07) is 22.2. The van der Waals surface area contributed by atoms with Crippen LogP contribution in [0.1, 0.15) is 5.56 Å². The number of amides is 1. The highest BCUT2D eigenvalue weighted by Crippen LogP contribution is 2.31. The van der Waals surface area contributed by atoms with Crippen molar-refractivity contribution in [1.29, 1.82) is 0 Å². The van der Waals surface area contributed by atoms with Crippen molar-refractivity contribution >= 4 is 22.4 Å². The Morgan fingerprint density at radius 3 is 2.72 bits per heavy atom. The van der Waals surface area contributed by atoms with E-state index in [0.29, 0.717) is 19.7 Å². The third-order valence-electron chi connectivity index (χ3n) is 4.46. The molecule has 1 saturated heterocycles. The van der Waals surface area contributed by atoms with Crippen LogP contribution in [0.3, 0.4) is 0 Å². The molecule has 1 aliphatic rings. The van der Waals surface area contributed by atoms with Gasteiger partial charge < -0.3 is 15.0 Å². The van der Waals surface area contributed by atoms with Crippen LogP contribution in [0.2, 0.25) is 0 Å². The van der Waals surface area contributed by atoms with Crippen molar-refractivity contribution in [2.75, 3.05) is 24.5 Å². The summed E-state index contributed by atoms with van der Waals surface area (Å²) >= 11 is 0. The molecule has 0 unspecified atom stereocenters. The fourth-order valence-corrected chi connectivity index (χ4v) is 3.16. The largest absolute Gasteiger partial charge is 0.489 e. The second-order valence-electron chi connectivity index (χ2n) is 6.16. The summed E-state index contributed by atoms with van der Waals surface area (Å²) in [5.41, 5.74) is 2.09. The molecular weight excluding hydrogens is 312 g/mol. The SMILES string of the molecule is O=C1CNCCN1c1cccc2ccc(OCc3ccccc3)cc12. The molecule has 1 N–H and O–H groups in total. The van der Waals surface area contributed by atoms with E-state index in [9.17, 15) is 4.79 Å². The molecule has 0 aromatic heterocycles. The minimum absolute atomic E-state index is 0.106. The van der Waals surface area contributed by atoms with E-state index in [1.165, 1.54) is 0 Å². The summed E-state index contributed by atoms with van der Waals surface area (Å²) in [4.78, 5) is 14.1. The molecule has 3 aromatic carbocycles. The molecule has 4 rings (SSSR count). The standard InChI is InChI=1S/C21H20N2O2/c24-21-14-22-11-12-23(21)20-8-4-7-17-9-10-18(13-19(17)20)25-15-16-5-2-1-3-6-16/h1-10,13,22H,11-12,14-15H2. The molecule has 1 amide bonds. The van der Waals surface area contributed by atoms with Gasteiger partial charge in [0.25, 0.3) is 0 Å². The van der Waals surface area contributed by atoms with Gasteiger partial charge in [-0.25, -0.2) is 0 Å². The molecular formula is C21H20N2O2. The van der Waals surface area contributed by atoms with E-state index in [1.807, 2.05) is 65.6 Å². The van der Waals surface area contributed by atoms with Gasteiger partial charge in [-0.05, 0) is 29.1 Å². The summed E-state index contributed by atoms with van der Waals surface area (Å²) < 4.78 is 5.95. The van der Waals surface area contributed by atoms with Gasteiger partial charge in [-0.15, -0.1) is 0 Å². The maximum Gasteiger partial charge on any atom is 0.241 e. The number of nitrogens with zero attached hydrogens (tertiary/aromatic N) is 1. The van der Waals surface area contributed by atoms with Crippen LogP contribution in [0.15, 0.2) is 66.7 Å². The number of carbonyl (C=O) groups excluding carboxylic acids is 1. The van der Waals surface area contributed by atoms with Gasteiger partial charge in [0, 0.05) is 18.5 Å². The van der Waals surface area contributed by atoms with Gasteiger partial charge >= 0.3 is 0 Å². The Morgan fingerprint density at radius 2 is 1.88 bits per heavy atom. The van der Waals surface area contributed by atoms with E-state index in [-0.39, 0.29) is 5.91 Å². The Balaban J connectivity index is 1.64. The van der Waals surface area contributed by atoms with Crippen LogP contribution in [0.4, 0.5) is 5.69 Å². The number of ether oxygens (including phenoxy) is 1. The van der Waals surface area contributed by atoms with E-state index < -0.39 is 0 Å². The fourth-order valence-electron chi connectivity index (χ4n) is 3.16. The highest BCUT2D eigenvalue weighted by Gasteiger charge is 2.20.